The van der Waals surface area contributed by atoms with E-state index in [9.17, 15) is 9.59 Å². The number of fused-ring (bicyclic) bond motifs is 1. The zero-order chi connectivity index (χ0) is 19.0. The summed E-state index contributed by atoms with van der Waals surface area (Å²) in [5, 5.41) is 3.12. The monoisotopic (exact) mass is 432 g/mol. The van der Waals surface area contributed by atoms with Crippen LogP contribution < -0.4 is 28.3 Å². The summed E-state index contributed by atoms with van der Waals surface area (Å²) in [4.78, 5) is 32.1. The Morgan fingerprint density at radius 1 is 1.25 bits per heavy atom. The minimum absolute atomic E-state index is 0. The summed E-state index contributed by atoms with van der Waals surface area (Å²) >= 11 is 7.35. The Bertz CT molecular complexity index is 1220. The van der Waals surface area contributed by atoms with Gasteiger partial charge < -0.3 is 23.1 Å². The number of nitrogens with zero attached hydrogens (tertiary/aromatic N) is 2. The number of hydrogen-bond donors (Lipinski definition) is 2. The van der Waals surface area contributed by atoms with Crippen molar-refractivity contribution in [3.05, 3.63) is 80.9 Å². The lowest BCUT2D eigenvalue weighted by molar-refractivity contribution is -0.689. The molecule has 142 valence electrons. The molecule has 6 nitrogen and oxygen atoms in total. The lowest BCUT2D eigenvalue weighted by Crippen LogP contribution is -3.00. The molecule has 0 spiro atoms. The van der Waals surface area contributed by atoms with Gasteiger partial charge in [-0.1, -0.05) is 23.7 Å². The van der Waals surface area contributed by atoms with Crippen LogP contribution in [-0.4, -0.2) is 15.9 Å². The summed E-state index contributed by atoms with van der Waals surface area (Å²) in [6.07, 6.45) is 3.41. The number of carbonyl (C=O) groups excluding carboxylic acids is 1. The molecule has 9 heteroatoms. The molecule has 0 bridgehead atoms. The molecule has 0 fully saturated rings. The van der Waals surface area contributed by atoms with Gasteiger partial charge in [-0.3, -0.25) is 9.59 Å². The molecule has 28 heavy (non-hydrogen) atoms. The van der Waals surface area contributed by atoms with E-state index >= 15 is 0 Å². The van der Waals surface area contributed by atoms with Crippen molar-refractivity contribution in [3.63, 3.8) is 0 Å². The van der Waals surface area contributed by atoms with Crippen LogP contribution in [0.15, 0.2) is 59.0 Å². The van der Waals surface area contributed by atoms with E-state index in [1.54, 1.807) is 41.2 Å². The number of carbonyl (C=O) groups is 1. The van der Waals surface area contributed by atoms with Crippen LogP contribution in [0.4, 0.5) is 0 Å². The standard InChI is InChI=1S/C19H13ClN4O2S.ClH/c20-13-5-3-11(4-6-13)14-10-27-19-16(14)18(26)22-15(23-19)9-24-7-1-2-12(8-24)17(21)25;/h1-8,10H,9H2,(H2-,21,22,23,25,26);1H. The predicted molar refractivity (Wildman–Crippen MR) is 105 cm³/mol. The maximum atomic E-state index is 12.7. The number of aromatic amines is 1. The first kappa shape index (κ1) is 20.0. The zero-order valence-electron chi connectivity index (χ0n) is 14.4. The molecule has 3 heterocycles. The SMILES string of the molecule is NC(=O)c1ccc[n+](Cc2nc3scc(-c4ccc(Cl)cc4)c3c(=O)[nH]2)c1.[Cl-]. The van der Waals surface area contributed by atoms with Gasteiger partial charge in [0.25, 0.3) is 11.5 Å². The first-order chi connectivity index (χ1) is 13.0. The van der Waals surface area contributed by atoms with Crippen molar-refractivity contribution in [1.29, 1.82) is 0 Å². The van der Waals surface area contributed by atoms with Gasteiger partial charge in [0, 0.05) is 22.0 Å². The van der Waals surface area contributed by atoms with Crippen molar-refractivity contribution in [2.75, 3.05) is 0 Å². The van der Waals surface area contributed by atoms with Gasteiger partial charge in [0.1, 0.15) is 10.4 Å². The molecule has 0 aliphatic rings. The number of halogens is 2. The second-order valence-electron chi connectivity index (χ2n) is 5.98. The molecule has 3 N–H and O–H groups in total. The average Bonchev–Trinajstić information content (AvgIpc) is 3.07. The minimum atomic E-state index is -0.507. The molecular formula is C19H14Cl2N4O2S. The van der Waals surface area contributed by atoms with Gasteiger partial charge in [-0.25, -0.2) is 4.98 Å². The Morgan fingerprint density at radius 3 is 2.71 bits per heavy atom. The molecule has 0 aliphatic carbocycles. The number of amides is 1. The smallest absolute Gasteiger partial charge is 0.260 e. The minimum Gasteiger partial charge on any atom is -1.00 e. The van der Waals surface area contributed by atoms with E-state index < -0.39 is 5.91 Å². The van der Waals surface area contributed by atoms with Crippen molar-refractivity contribution in [2.45, 2.75) is 6.54 Å². The molecular weight excluding hydrogens is 419 g/mol. The third kappa shape index (κ3) is 3.91. The molecule has 0 unspecified atom stereocenters. The molecule has 4 rings (SSSR count). The lowest BCUT2D eigenvalue weighted by atomic mass is 10.1. The number of thiophene rings is 1. The van der Waals surface area contributed by atoms with Gasteiger partial charge in [-0.2, -0.15) is 4.57 Å². The van der Waals surface area contributed by atoms with Crippen LogP contribution >= 0.6 is 22.9 Å². The molecule has 1 amide bonds. The van der Waals surface area contributed by atoms with Crippen LogP contribution in [0.2, 0.25) is 5.02 Å². The highest BCUT2D eigenvalue weighted by atomic mass is 35.5. The molecule has 0 atom stereocenters. The van der Waals surface area contributed by atoms with Gasteiger partial charge in [0.15, 0.2) is 18.2 Å². The second-order valence-corrected chi connectivity index (χ2v) is 7.27. The van der Waals surface area contributed by atoms with Gasteiger partial charge in [-0.15, -0.1) is 11.3 Å². The highest BCUT2D eigenvalue weighted by Crippen LogP contribution is 2.31. The Labute approximate surface area is 175 Å². The summed E-state index contributed by atoms with van der Waals surface area (Å²) in [5.74, 6) is -0.00394. The van der Waals surface area contributed by atoms with Crippen LogP contribution in [-0.2, 0) is 6.54 Å². The van der Waals surface area contributed by atoms with Crippen molar-refractivity contribution in [2.24, 2.45) is 5.73 Å². The summed E-state index contributed by atoms with van der Waals surface area (Å²) in [6, 6.07) is 10.7. The molecule has 0 radical (unpaired) electrons. The Hall–Kier alpha value is -2.74. The van der Waals surface area contributed by atoms with Gasteiger partial charge in [0.05, 0.1) is 5.39 Å². The largest absolute Gasteiger partial charge is 1.00 e. The van der Waals surface area contributed by atoms with E-state index in [0.717, 1.165) is 11.1 Å². The third-order valence-electron chi connectivity index (χ3n) is 4.12. The van der Waals surface area contributed by atoms with E-state index in [-0.39, 0.29) is 18.0 Å². The van der Waals surface area contributed by atoms with Gasteiger partial charge in [0.2, 0.25) is 6.54 Å². The van der Waals surface area contributed by atoms with Gasteiger partial charge >= 0.3 is 0 Å². The van der Waals surface area contributed by atoms with Crippen molar-refractivity contribution >= 4 is 39.1 Å². The Morgan fingerprint density at radius 2 is 2.00 bits per heavy atom. The van der Waals surface area contributed by atoms with Crippen LogP contribution in [0.25, 0.3) is 21.3 Å². The topological polar surface area (TPSA) is 92.7 Å². The van der Waals surface area contributed by atoms with E-state index in [1.807, 2.05) is 17.5 Å². The molecule has 1 aromatic carbocycles. The quantitative estimate of drug-likeness (QED) is 0.435. The fourth-order valence-corrected chi connectivity index (χ4v) is 3.94. The number of aromatic nitrogens is 3. The Balaban J connectivity index is 0.00000225. The molecule has 3 aromatic heterocycles. The van der Waals surface area contributed by atoms with E-state index in [0.29, 0.717) is 33.2 Å². The normalized spacial score (nSPS) is 10.6. The maximum absolute atomic E-state index is 12.7. The number of primary amides is 1. The van der Waals surface area contributed by atoms with Crippen LogP contribution in [0.1, 0.15) is 16.2 Å². The molecule has 4 aromatic rings. The number of pyridine rings is 1. The number of hydrogen-bond acceptors (Lipinski definition) is 4. The second kappa shape index (κ2) is 8.10. The maximum Gasteiger partial charge on any atom is 0.260 e. The average molecular weight is 433 g/mol. The zero-order valence-corrected chi connectivity index (χ0v) is 16.7. The number of benzene rings is 1. The lowest BCUT2D eigenvalue weighted by Gasteiger charge is -2.02. The number of H-pyrrole nitrogens is 1. The summed E-state index contributed by atoms with van der Waals surface area (Å²) in [7, 11) is 0. The summed E-state index contributed by atoms with van der Waals surface area (Å²) in [6.45, 7) is 0.320. The third-order valence-corrected chi connectivity index (χ3v) is 5.25. The molecule has 0 saturated heterocycles. The Kier molecular flexibility index (Phi) is 5.79. The number of nitrogens with two attached hydrogens (primary N) is 1. The van der Waals surface area contributed by atoms with Crippen molar-refractivity contribution in [3.8, 4) is 11.1 Å². The predicted octanol–water partition coefficient (Wildman–Crippen LogP) is -0.256. The van der Waals surface area contributed by atoms with Crippen LogP contribution in [0.3, 0.4) is 0 Å². The fourth-order valence-electron chi connectivity index (χ4n) is 2.85. The summed E-state index contributed by atoms with van der Waals surface area (Å²) < 4.78 is 1.75. The van der Waals surface area contributed by atoms with E-state index in [2.05, 4.69) is 9.97 Å². The number of rotatable bonds is 4. The first-order valence-corrected chi connectivity index (χ1v) is 9.32. The van der Waals surface area contributed by atoms with Crippen LogP contribution in [0.5, 0.6) is 0 Å². The molecule has 0 aliphatic heterocycles. The first-order valence-electron chi connectivity index (χ1n) is 8.06. The highest BCUT2D eigenvalue weighted by Gasteiger charge is 2.15. The van der Waals surface area contributed by atoms with Crippen LogP contribution in [0, 0.1) is 0 Å². The van der Waals surface area contributed by atoms with E-state index in [4.69, 9.17) is 17.3 Å². The molecule has 0 saturated carbocycles. The van der Waals surface area contributed by atoms with Gasteiger partial charge in [-0.05, 0) is 23.8 Å². The van der Waals surface area contributed by atoms with Crippen molar-refractivity contribution in [1.82, 2.24) is 9.97 Å². The van der Waals surface area contributed by atoms with E-state index in [1.165, 1.54) is 11.3 Å². The fraction of sp³-hybridized carbons (Fsp3) is 0.0526. The van der Waals surface area contributed by atoms with Crippen molar-refractivity contribution < 1.29 is 21.8 Å². The summed E-state index contributed by atoms with van der Waals surface area (Å²) in [5.41, 5.74) is 7.24. The number of nitrogens with one attached hydrogen (secondary N) is 1. The highest BCUT2D eigenvalue weighted by molar-refractivity contribution is 7.17.